The first kappa shape index (κ1) is 36.9. The second kappa shape index (κ2) is 18.5. The molecule has 0 spiro atoms. The van der Waals surface area contributed by atoms with Gasteiger partial charge in [0, 0.05) is 61.7 Å². The molecule has 1 aromatic heterocycles. The predicted octanol–water partition coefficient (Wildman–Crippen LogP) is 5.40. The summed E-state index contributed by atoms with van der Waals surface area (Å²) in [5, 5.41) is 3.06. The topological polar surface area (TPSA) is 86.9 Å². The number of nitrogens with one attached hydrogen (secondary N) is 2. The van der Waals surface area contributed by atoms with Crippen LogP contribution < -0.4 is 10.9 Å². The van der Waals surface area contributed by atoms with Gasteiger partial charge in [0.15, 0.2) is 0 Å². The lowest BCUT2D eigenvalue weighted by Gasteiger charge is -2.38. The van der Waals surface area contributed by atoms with E-state index in [0.717, 1.165) is 68.3 Å². The number of carbonyl (C=O) groups is 1. The molecule has 1 aliphatic carbocycles. The molecule has 1 aliphatic heterocycles. The standard InChI is InChI=1S/C39H58N4O4/c1-7-8-11-33(32-12-14-35(15-13-32)42(5)17-20-46-6)26-34-24-31(10-9-16-43-18-21-47-22-19-43)25-36(30(34)4)38(44)40-27-37-28(2)23-29(3)41-39(37)45/h23-25,32-33,35H,7-8,11-22,26-27H2,1-6H3,(H,40,44)(H,41,45). The number of benzene rings is 1. The number of hydrogen-bond acceptors (Lipinski definition) is 6. The van der Waals surface area contributed by atoms with Gasteiger partial charge in [0.2, 0.25) is 0 Å². The smallest absolute Gasteiger partial charge is 0.253 e. The van der Waals surface area contributed by atoms with Crippen LogP contribution in [0.3, 0.4) is 0 Å². The van der Waals surface area contributed by atoms with Crippen LogP contribution in [-0.2, 0) is 22.4 Å². The molecule has 258 valence electrons. The number of aromatic nitrogens is 1. The van der Waals surface area contributed by atoms with Crippen LogP contribution in [0.25, 0.3) is 0 Å². The van der Waals surface area contributed by atoms with E-state index in [0.29, 0.717) is 35.5 Å². The summed E-state index contributed by atoms with van der Waals surface area (Å²) in [6, 6.07) is 6.74. The Balaban J connectivity index is 1.57. The number of aryl methyl sites for hydroxylation is 2. The third-order valence-corrected chi connectivity index (χ3v) is 10.4. The number of pyridine rings is 1. The Morgan fingerprint density at radius 1 is 1.15 bits per heavy atom. The van der Waals surface area contributed by atoms with Crippen LogP contribution in [0.4, 0.5) is 0 Å². The Morgan fingerprint density at radius 3 is 2.57 bits per heavy atom. The number of rotatable bonds is 14. The number of methoxy groups -OCH3 is 1. The number of H-pyrrole nitrogens is 1. The first-order chi connectivity index (χ1) is 22.7. The summed E-state index contributed by atoms with van der Waals surface area (Å²) in [5.41, 5.74) is 5.90. The van der Waals surface area contributed by atoms with Crippen LogP contribution in [0.2, 0.25) is 0 Å². The van der Waals surface area contributed by atoms with Crippen molar-refractivity contribution >= 4 is 5.91 Å². The van der Waals surface area contributed by atoms with Crippen molar-refractivity contribution in [1.82, 2.24) is 20.1 Å². The van der Waals surface area contributed by atoms with Crippen molar-refractivity contribution in [3.63, 3.8) is 0 Å². The maximum atomic E-state index is 13.8. The van der Waals surface area contributed by atoms with E-state index >= 15 is 0 Å². The Kier molecular flexibility index (Phi) is 14.5. The van der Waals surface area contributed by atoms with E-state index in [2.05, 4.69) is 58.9 Å². The number of carbonyl (C=O) groups excluding carboxylic acids is 1. The lowest BCUT2D eigenvalue weighted by Crippen LogP contribution is -2.38. The fourth-order valence-electron chi connectivity index (χ4n) is 7.36. The number of aromatic amines is 1. The maximum absolute atomic E-state index is 13.8. The third-order valence-electron chi connectivity index (χ3n) is 10.4. The Hall–Kier alpha value is -2.96. The van der Waals surface area contributed by atoms with E-state index in [1.54, 1.807) is 7.11 Å². The zero-order valence-electron chi connectivity index (χ0n) is 29.8. The minimum atomic E-state index is -0.162. The van der Waals surface area contributed by atoms with Gasteiger partial charge in [0.1, 0.15) is 0 Å². The van der Waals surface area contributed by atoms with Crippen molar-refractivity contribution in [2.24, 2.45) is 11.8 Å². The average molecular weight is 647 g/mol. The second-order valence-electron chi connectivity index (χ2n) is 13.8. The summed E-state index contributed by atoms with van der Waals surface area (Å²) in [7, 11) is 4.01. The molecule has 1 amide bonds. The van der Waals surface area contributed by atoms with E-state index in [1.807, 2.05) is 26.0 Å². The molecule has 2 heterocycles. The van der Waals surface area contributed by atoms with Gasteiger partial charge in [0.05, 0.1) is 26.4 Å². The van der Waals surface area contributed by atoms with E-state index in [-0.39, 0.29) is 18.0 Å². The van der Waals surface area contributed by atoms with Gasteiger partial charge < -0.3 is 24.7 Å². The molecule has 1 atom stereocenters. The van der Waals surface area contributed by atoms with Gasteiger partial charge in [-0.15, -0.1) is 0 Å². The van der Waals surface area contributed by atoms with E-state index in [1.165, 1.54) is 50.5 Å². The molecule has 8 heteroatoms. The lowest BCUT2D eigenvalue weighted by molar-refractivity contribution is 0.0443. The fraction of sp³-hybridized carbons (Fsp3) is 0.641. The Bertz CT molecular complexity index is 1430. The Labute approximate surface area is 283 Å². The molecule has 1 unspecified atom stereocenters. The number of morpholine rings is 1. The molecular weight excluding hydrogens is 588 g/mol. The number of ether oxygens (including phenoxy) is 2. The SMILES string of the molecule is CCCCC(Cc1cc(C#CCN2CCOCC2)cc(C(=O)NCc2c(C)cc(C)[nH]c2=O)c1C)C1CCC(N(C)CCOC)CC1. The molecule has 4 rings (SSSR count). The number of hydrogen-bond donors (Lipinski definition) is 2. The molecule has 2 N–H and O–H groups in total. The first-order valence-electron chi connectivity index (χ1n) is 17.8. The number of nitrogens with zero attached hydrogens (tertiary/aromatic N) is 2. The number of likely N-dealkylation sites (N-methyl/N-ethyl adjacent to an activating group) is 1. The Morgan fingerprint density at radius 2 is 1.89 bits per heavy atom. The average Bonchev–Trinajstić information content (AvgIpc) is 3.06. The molecule has 47 heavy (non-hydrogen) atoms. The van der Waals surface area contributed by atoms with Crippen LogP contribution >= 0.6 is 0 Å². The van der Waals surface area contributed by atoms with Crippen LogP contribution in [0.1, 0.15) is 95.7 Å². The molecule has 1 saturated carbocycles. The molecule has 1 aromatic carbocycles. The zero-order chi connectivity index (χ0) is 33.8. The minimum absolute atomic E-state index is 0.152. The number of unbranched alkanes of at least 4 members (excludes halogenated alkanes) is 1. The van der Waals surface area contributed by atoms with Crippen LogP contribution in [0.5, 0.6) is 0 Å². The van der Waals surface area contributed by atoms with Gasteiger partial charge in [0.25, 0.3) is 11.5 Å². The van der Waals surface area contributed by atoms with E-state index < -0.39 is 0 Å². The molecule has 1 saturated heterocycles. The van der Waals surface area contributed by atoms with Crippen molar-refractivity contribution in [1.29, 1.82) is 0 Å². The normalized spacial score (nSPS) is 19.3. The van der Waals surface area contributed by atoms with Crippen molar-refractivity contribution in [3.05, 3.63) is 67.6 Å². The van der Waals surface area contributed by atoms with Crippen molar-refractivity contribution < 1.29 is 14.3 Å². The van der Waals surface area contributed by atoms with E-state index in [4.69, 9.17) is 9.47 Å². The zero-order valence-corrected chi connectivity index (χ0v) is 29.8. The highest BCUT2D eigenvalue weighted by Gasteiger charge is 2.30. The third kappa shape index (κ3) is 10.8. The van der Waals surface area contributed by atoms with Gasteiger partial charge in [-0.05, 0) is 113 Å². The molecule has 0 radical (unpaired) electrons. The lowest BCUT2D eigenvalue weighted by atomic mass is 9.73. The van der Waals surface area contributed by atoms with Gasteiger partial charge in [-0.3, -0.25) is 14.5 Å². The summed E-state index contributed by atoms with van der Waals surface area (Å²) < 4.78 is 10.8. The van der Waals surface area contributed by atoms with Crippen molar-refractivity contribution in [2.75, 3.05) is 60.2 Å². The summed E-state index contributed by atoms with van der Waals surface area (Å²) >= 11 is 0. The molecule has 0 bridgehead atoms. The molecular formula is C39H58N4O4. The van der Waals surface area contributed by atoms with Crippen LogP contribution in [-0.4, -0.2) is 86.9 Å². The molecule has 8 nitrogen and oxygen atoms in total. The summed E-state index contributed by atoms with van der Waals surface area (Å²) in [6.45, 7) is 14.0. The summed E-state index contributed by atoms with van der Waals surface area (Å²) in [6.07, 6.45) is 9.50. The van der Waals surface area contributed by atoms with Gasteiger partial charge in [-0.2, -0.15) is 0 Å². The first-order valence-corrected chi connectivity index (χ1v) is 17.8. The van der Waals surface area contributed by atoms with Gasteiger partial charge in [-0.25, -0.2) is 0 Å². The highest BCUT2D eigenvalue weighted by atomic mass is 16.5. The van der Waals surface area contributed by atoms with Crippen LogP contribution in [0.15, 0.2) is 23.0 Å². The molecule has 2 aromatic rings. The highest BCUT2D eigenvalue weighted by Crippen LogP contribution is 2.37. The van der Waals surface area contributed by atoms with Gasteiger partial charge >= 0.3 is 0 Å². The number of amides is 1. The molecule has 2 aliphatic rings. The minimum Gasteiger partial charge on any atom is -0.383 e. The molecule has 2 fully saturated rings. The predicted molar refractivity (Wildman–Crippen MR) is 190 cm³/mol. The fourth-order valence-corrected chi connectivity index (χ4v) is 7.36. The summed E-state index contributed by atoms with van der Waals surface area (Å²) in [5.74, 6) is 7.86. The maximum Gasteiger partial charge on any atom is 0.253 e. The van der Waals surface area contributed by atoms with Gasteiger partial charge in [-0.1, -0.05) is 31.6 Å². The quantitative estimate of drug-likeness (QED) is 0.268. The largest absolute Gasteiger partial charge is 0.383 e. The van der Waals surface area contributed by atoms with Crippen LogP contribution in [0, 0.1) is 44.4 Å². The van der Waals surface area contributed by atoms with Crippen molar-refractivity contribution in [2.45, 2.75) is 91.6 Å². The monoisotopic (exact) mass is 646 g/mol. The second-order valence-corrected chi connectivity index (χ2v) is 13.8. The van der Waals surface area contributed by atoms with Crippen molar-refractivity contribution in [3.8, 4) is 11.8 Å². The highest BCUT2D eigenvalue weighted by molar-refractivity contribution is 5.96. The van der Waals surface area contributed by atoms with E-state index in [9.17, 15) is 9.59 Å². The summed E-state index contributed by atoms with van der Waals surface area (Å²) in [4.78, 5) is 34.1.